The van der Waals surface area contributed by atoms with Crippen LogP contribution in [0.1, 0.15) is 54.4 Å². The van der Waals surface area contributed by atoms with E-state index in [1.807, 2.05) is 0 Å². The molecule has 1 saturated carbocycles. The minimum absolute atomic E-state index is 0.161. The SMILES string of the molecule is CC(C)[C@H](C)N(C(=O)CN1C[C@H](C)OC(C)(C)C1)C1CC1. The first-order valence-electron chi connectivity index (χ1n) is 8.41. The second-order valence-corrected chi connectivity index (χ2v) is 7.87. The molecule has 1 aliphatic carbocycles. The molecule has 2 aliphatic rings. The highest BCUT2D eigenvalue weighted by molar-refractivity contribution is 5.79. The molecule has 4 nitrogen and oxygen atoms in total. The van der Waals surface area contributed by atoms with Gasteiger partial charge in [0.2, 0.25) is 5.91 Å². The Hall–Kier alpha value is -0.610. The van der Waals surface area contributed by atoms with Gasteiger partial charge in [0.05, 0.1) is 18.2 Å². The van der Waals surface area contributed by atoms with Crippen LogP contribution in [0.15, 0.2) is 0 Å². The number of carbonyl (C=O) groups excluding carboxylic acids is 1. The normalized spacial score (nSPS) is 27.7. The molecule has 1 amide bonds. The molecule has 21 heavy (non-hydrogen) atoms. The van der Waals surface area contributed by atoms with E-state index in [1.165, 1.54) is 12.8 Å². The lowest BCUT2D eigenvalue weighted by Crippen LogP contribution is -2.55. The largest absolute Gasteiger partial charge is 0.370 e. The zero-order valence-corrected chi connectivity index (χ0v) is 14.6. The van der Waals surface area contributed by atoms with E-state index in [1.54, 1.807) is 0 Å². The van der Waals surface area contributed by atoms with Crippen molar-refractivity contribution < 1.29 is 9.53 Å². The Morgan fingerprint density at radius 1 is 1.33 bits per heavy atom. The molecule has 122 valence electrons. The molecule has 0 aromatic carbocycles. The van der Waals surface area contributed by atoms with Crippen LogP contribution in [0, 0.1) is 5.92 Å². The lowest BCUT2D eigenvalue weighted by molar-refractivity contribution is -0.148. The van der Waals surface area contributed by atoms with Gasteiger partial charge in [-0.3, -0.25) is 9.69 Å². The van der Waals surface area contributed by atoms with Gasteiger partial charge in [-0.1, -0.05) is 13.8 Å². The zero-order chi connectivity index (χ0) is 15.8. The molecule has 0 spiro atoms. The quantitative estimate of drug-likeness (QED) is 0.781. The molecule has 0 unspecified atom stereocenters. The third-order valence-electron chi connectivity index (χ3n) is 4.63. The van der Waals surface area contributed by atoms with E-state index in [0.29, 0.717) is 30.5 Å². The number of morpholine rings is 1. The predicted molar refractivity (Wildman–Crippen MR) is 85.2 cm³/mol. The van der Waals surface area contributed by atoms with E-state index >= 15 is 0 Å². The molecular weight excluding hydrogens is 264 g/mol. The molecule has 0 radical (unpaired) electrons. The molecule has 1 heterocycles. The van der Waals surface area contributed by atoms with E-state index in [-0.39, 0.29) is 11.7 Å². The summed E-state index contributed by atoms with van der Waals surface area (Å²) in [6.45, 7) is 15.1. The van der Waals surface area contributed by atoms with Crippen LogP contribution in [0.5, 0.6) is 0 Å². The average Bonchev–Trinajstić information content (AvgIpc) is 3.10. The van der Waals surface area contributed by atoms with Gasteiger partial charge in [-0.25, -0.2) is 0 Å². The van der Waals surface area contributed by atoms with Crippen LogP contribution in [0.3, 0.4) is 0 Å². The summed E-state index contributed by atoms with van der Waals surface area (Å²) < 4.78 is 5.92. The second kappa shape index (κ2) is 6.25. The molecule has 0 aromatic rings. The van der Waals surface area contributed by atoms with Crippen LogP contribution in [-0.4, -0.2) is 59.1 Å². The number of nitrogens with zero attached hydrogens (tertiary/aromatic N) is 2. The maximum absolute atomic E-state index is 12.8. The summed E-state index contributed by atoms with van der Waals surface area (Å²) in [6, 6.07) is 0.817. The molecular formula is C17H32N2O2. The lowest BCUT2D eigenvalue weighted by Gasteiger charge is -2.42. The standard InChI is InChI=1S/C17H32N2O2/c1-12(2)14(4)19(15-7-8-15)16(20)10-18-9-13(3)21-17(5,6)11-18/h12-15H,7-11H2,1-6H3/t13-,14-/m0/s1. The molecule has 1 aliphatic heterocycles. The molecule has 2 rings (SSSR count). The first-order valence-corrected chi connectivity index (χ1v) is 8.41. The average molecular weight is 296 g/mol. The van der Waals surface area contributed by atoms with Gasteiger partial charge in [0, 0.05) is 25.2 Å². The van der Waals surface area contributed by atoms with E-state index < -0.39 is 0 Å². The topological polar surface area (TPSA) is 32.8 Å². The Balaban J connectivity index is 1.98. The smallest absolute Gasteiger partial charge is 0.237 e. The van der Waals surface area contributed by atoms with Crippen LogP contribution in [0.4, 0.5) is 0 Å². The van der Waals surface area contributed by atoms with Crippen LogP contribution >= 0.6 is 0 Å². The summed E-state index contributed by atoms with van der Waals surface area (Å²) in [4.78, 5) is 17.2. The Morgan fingerprint density at radius 2 is 1.95 bits per heavy atom. The molecule has 2 fully saturated rings. The zero-order valence-electron chi connectivity index (χ0n) is 14.6. The number of rotatable bonds is 5. The van der Waals surface area contributed by atoms with Gasteiger partial charge < -0.3 is 9.64 Å². The van der Waals surface area contributed by atoms with Crippen molar-refractivity contribution in [3.8, 4) is 0 Å². The highest BCUT2D eigenvalue weighted by Gasteiger charge is 2.38. The molecule has 0 aromatic heterocycles. The maximum atomic E-state index is 12.8. The summed E-state index contributed by atoms with van der Waals surface area (Å²) >= 11 is 0. The fourth-order valence-electron chi connectivity index (χ4n) is 3.42. The molecule has 4 heteroatoms. The van der Waals surface area contributed by atoms with Crippen molar-refractivity contribution in [3.63, 3.8) is 0 Å². The Bertz CT molecular complexity index is 377. The third-order valence-corrected chi connectivity index (χ3v) is 4.63. The monoisotopic (exact) mass is 296 g/mol. The Kier molecular flexibility index (Phi) is 4.99. The van der Waals surface area contributed by atoms with Crippen molar-refractivity contribution in [1.29, 1.82) is 0 Å². The van der Waals surface area contributed by atoms with Crippen molar-refractivity contribution in [2.45, 2.75) is 78.2 Å². The van der Waals surface area contributed by atoms with Crippen LogP contribution in [0.2, 0.25) is 0 Å². The van der Waals surface area contributed by atoms with Crippen LogP contribution in [-0.2, 0) is 9.53 Å². The Labute approximate surface area is 129 Å². The Morgan fingerprint density at radius 3 is 2.43 bits per heavy atom. The third kappa shape index (κ3) is 4.43. The van der Waals surface area contributed by atoms with Crippen LogP contribution in [0.25, 0.3) is 0 Å². The number of carbonyl (C=O) groups is 1. The van der Waals surface area contributed by atoms with Gasteiger partial charge in [-0.05, 0) is 46.5 Å². The van der Waals surface area contributed by atoms with Crippen molar-refractivity contribution in [2.24, 2.45) is 5.92 Å². The van der Waals surface area contributed by atoms with Crippen molar-refractivity contribution in [1.82, 2.24) is 9.80 Å². The van der Waals surface area contributed by atoms with E-state index in [9.17, 15) is 4.79 Å². The van der Waals surface area contributed by atoms with E-state index in [4.69, 9.17) is 4.74 Å². The number of hydrogen-bond acceptors (Lipinski definition) is 3. The number of ether oxygens (including phenoxy) is 1. The van der Waals surface area contributed by atoms with Crippen molar-refractivity contribution in [2.75, 3.05) is 19.6 Å². The molecule has 1 saturated heterocycles. The highest BCUT2D eigenvalue weighted by atomic mass is 16.5. The van der Waals surface area contributed by atoms with Gasteiger partial charge >= 0.3 is 0 Å². The van der Waals surface area contributed by atoms with Gasteiger partial charge in [0.1, 0.15) is 0 Å². The van der Waals surface area contributed by atoms with Crippen LogP contribution < -0.4 is 0 Å². The second-order valence-electron chi connectivity index (χ2n) is 7.87. The van der Waals surface area contributed by atoms with Crippen molar-refractivity contribution in [3.05, 3.63) is 0 Å². The maximum Gasteiger partial charge on any atom is 0.237 e. The van der Waals surface area contributed by atoms with Gasteiger partial charge in [0.15, 0.2) is 0 Å². The summed E-state index contributed by atoms with van der Waals surface area (Å²) in [7, 11) is 0. The van der Waals surface area contributed by atoms with E-state index in [2.05, 4.69) is 51.3 Å². The molecule has 2 atom stereocenters. The van der Waals surface area contributed by atoms with Gasteiger partial charge in [-0.15, -0.1) is 0 Å². The first-order chi connectivity index (χ1) is 9.69. The number of amides is 1. The fourth-order valence-corrected chi connectivity index (χ4v) is 3.42. The van der Waals surface area contributed by atoms with Crippen molar-refractivity contribution >= 4 is 5.91 Å². The number of hydrogen-bond donors (Lipinski definition) is 0. The van der Waals surface area contributed by atoms with Gasteiger partial charge in [0.25, 0.3) is 0 Å². The molecule has 0 bridgehead atoms. The summed E-state index contributed by atoms with van der Waals surface area (Å²) in [5, 5.41) is 0. The lowest BCUT2D eigenvalue weighted by atomic mass is 10.0. The summed E-state index contributed by atoms with van der Waals surface area (Å²) in [5.41, 5.74) is -0.161. The highest BCUT2D eigenvalue weighted by Crippen LogP contribution is 2.31. The predicted octanol–water partition coefficient (Wildman–Crippen LogP) is 2.52. The molecule has 0 N–H and O–H groups in total. The van der Waals surface area contributed by atoms with E-state index in [0.717, 1.165) is 13.1 Å². The van der Waals surface area contributed by atoms with Gasteiger partial charge in [-0.2, -0.15) is 0 Å². The fraction of sp³-hybridized carbons (Fsp3) is 0.941. The minimum Gasteiger partial charge on any atom is -0.370 e. The summed E-state index contributed by atoms with van der Waals surface area (Å²) in [5.74, 6) is 0.804. The first kappa shape index (κ1) is 16.8. The minimum atomic E-state index is -0.161. The summed E-state index contributed by atoms with van der Waals surface area (Å²) in [6.07, 6.45) is 2.54.